The van der Waals surface area contributed by atoms with E-state index >= 15 is 0 Å². The van der Waals surface area contributed by atoms with Crippen LogP contribution in [0, 0.1) is 6.92 Å². The van der Waals surface area contributed by atoms with Gasteiger partial charge in [0.2, 0.25) is 0 Å². The third-order valence-electron chi connectivity index (χ3n) is 4.76. The highest BCUT2D eigenvalue weighted by molar-refractivity contribution is 5.99. The van der Waals surface area contributed by atoms with Crippen molar-refractivity contribution in [2.75, 3.05) is 19.8 Å². The summed E-state index contributed by atoms with van der Waals surface area (Å²) in [6.07, 6.45) is 0. The van der Waals surface area contributed by atoms with Gasteiger partial charge < -0.3 is 14.7 Å². The Hall–Kier alpha value is -3.19. The Morgan fingerprint density at radius 3 is 2.70 bits per heavy atom. The first-order valence-electron chi connectivity index (χ1n) is 8.72. The van der Waals surface area contributed by atoms with Crippen molar-refractivity contribution < 1.29 is 19.4 Å². The van der Waals surface area contributed by atoms with Crippen LogP contribution in [-0.4, -0.2) is 57.2 Å². The van der Waals surface area contributed by atoms with Crippen molar-refractivity contribution >= 4 is 22.9 Å². The minimum atomic E-state index is -1.06. The molecule has 2 heterocycles. The Balaban J connectivity index is 1.72. The van der Waals surface area contributed by atoms with Gasteiger partial charge in [0.05, 0.1) is 24.2 Å². The zero-order valence-electron chi connectivity index (χ0n) is 14.8. The van der Waals surface area contributed by atoms with Crippen molar-refractivity contribution in [1.29, 1.82) is 0 Å². The molecule has 7 nitrogen and oxygen atoms in total. The van der Waals surface area contributed by atoms with Crippen LogP contribution in [0.25, 0.3) is 16.7 Å². The highest BCUT2D eigenvalue weighted by Crippen LogP contribution is 2.23. The maximum atomic E-state index is 12.9. The third kappa shape index (κ3) is 3.06. The normalized spacial score (nSPS) is 17.2. The Morgan fingerprint density at radius 1 is 1.19 bits per heavy atom. The van der Waals surface area contributed by atoms with E-state index in [9.17, 15) is 14.7 Å². The number of ether oxygens (including phenoxy) is 1. The van der Waals surface area contributed by atoms with Crippen LogP contribution < -0.4 is 0 Å². The lowest BCUT2D eigenvalue weighted by atomic mass is 10.1. The minimum Gasteiger partial charge on any atom is -0.480 e. The third-order valence-corrected chi connectivity index (χ3v) is 4.76. The van der Waals surface area contributed by atoms with Crippen LogP contribution in [0.4, 0.5) is 0 Å². The summed E-state index contributed by atoms with van der Waals surface area (Å²) in [5.74, 6) is -0.566. The maximum absolute atomic E-state index is 12.9. The van der Waals surface area contributed by atoms with Gasteiger partial charge in [-0.1, -0.05) is 18.2 Å². The summed E-state index contributed by atoms with van der Waals surface area (Å²) in [7, 11) is 0. The number of aromatic nitrogens is 2. The van der Waals surface area contributed by atoms with Crippen molar-refractivity contribution in [3.8, 4) is 5.69 Å². The molecule has 0 saturated carbocycles. The molecule has 1 atom stereocenters. The van der Waals surface area contributed by atoms with E-state index in [2.05, 4.69) is 4.98 Å². The lowest BCUT2D eigenvalue weighted by molar-refractivity contribution is -0.147. The number of nitrogens with zero attached hydrogens (tertiary/aromatic N) is 3. The van der Waals surface area contributed by atoms with E-state index in [1.807, 2.05) is 47.9 Å². The second-order valence-electron chi connectivity index (χ2n) is 6.46. The first-order valence-corrected chi connectivity index (χ1v) is 8.72. The molecule has 138 valence electrons. The SMILES string of the molecule is Cc1nc2cc(C(=O)N3CCOCC3C(=O)O)ccc2n1-c1ccccc1. The number of amides is 1. The predicted molar refractivity (Wildman–Crippen MR) is 99.1 cm³/mol. The van der Waals surface area contributed by atoms with Gasteiger partial charge in [-0.25, -0.2) is 9.78 Å². The number of carboxylic acid groups (broad SMARTS) is 1. The van der Waals surface area contributed by atoms with Crippen LogP contribution in [-0.2, 0) is 9.53 Å². The van der Waals surface area contributed by atoms with Crippen molar-refractivity contribution in [2.24, 2.45) is 0 Å². The molecule has 1 N–H and O–H groups in total. The van der Waals surface area contributed by atoms with Gasteiger partial charge in [0, 0.05) is 17.8 Å². The molecular formula is C20H19N3O4. The Labute approximate surface area is 155 Å². The van der Waals surface area contributed by atoms with E-state index in [1.165, 1.54) is 4.90 Å². The zero-order valence-corrected chi connectivity index (χ0v) is 14.8. The molecule has 4 rings (SSSR count). The monoisotopic (exact) mass is 365 g/mol. The molecule has 2 aromatic carbocycles. The Bertz CT molecular complexity index is 1010. The summed E-state index contributed by atoms with van der Waals surface area (Å²) in [5.41, 5.74) is 3.01. The zero-order chi connectivity index (χ0) is 19.0. The summed E-state index contributed by atoms with van der Waals surface area (Å²) in [5, 5.41) is 9.35. The molecule has 1 unspecified atom stereocenters. The van der Waals surface area contributed by atoms with Gasteiger partial charge in [0.15, 0.2) is 6.04 Å². The lowest BCUT2D eigenvalue weighted by Gasteiger charge is -2.32. The highest BCUT2D eigenvalue weighted by atomic mass is 16.5. The van der Waals surface area contributed by atoms with Crippen LogP contribution in [0.5, 0.6) is 0 Å². The molecule has 7 heteroatoms. The van der Waals surface area contributed by atoms with Crippen LogP contribution in [0.2, 0.25) is 0 Å². The molecule has 27 heavy (non-hydrogen) atoms. The minimum absolute atomic E-state index is 0.00502. The topological polar surface area (TPSA) is 84.7 Å². The number of aliphatic carboxylic acids is 1. The smallest absolute Gasteiger partial charge is 0.328 e. The number of carbonyl (C=O) groups is 2. The number of aryl methyl sites for hydroxylation is 1. The first-order chi connectivity index (χ1) is 13.1. The molecule has 1 aliphatic heterocycles. The van der Waals surface area contributed by atoms with E-state index in [4.69, 9.17) is 4.74 Å². The van der Waals surface area contributed by atoms with Gasteiger partial charge in [-0.2, -0.15) is 0 Å². The maximum Gasteiger partial charge on any atom is 0.328 e. The van der Waals surface area contributed by atoms with Gasteiger partial charge in [-0.3, -0.25) is 9.36 Å². The number of rotatable bonds is 3. The summed E-state index contributed by atoms with van der Waals surface area (Å²) < 4.78 is 7.23. The van der Waals surface area contributed by atoms with Crippen LogP contribution >= 0.6 is 0 Å². The fourth-order valence-corrected chi connectivity index (χ4v) is 3.45. The standard InChI is InChI=1S/C20H19N3O4/c1-13-21-16-11-14(19(24)22-9-10-27-12-18(22)20(25)26)7-8-17(16)23(13)15-5-3-2-4-6-15/h2-8,11,18H,9-10,12H2,1H3,(H,25,26). The number of benzene rings is 2. The van der Waals surface area contributed by atoms with E-state index in [-0.39, 0.29) is 19.1 Å². The number of fused-ring (bicyclic) bond motifs is 1. The van der Waals surface area contributed by atoms with Crippen LogP contribution in [0.3, 0.4) is 0 Å². The number of para-hydroxylation sites is 1. The van der Waals surface area contributed by atoms with E-state index in [1.54, 1.807) is 12.1 Å². The fraction of sp³-hybridized carbons (Fsp3) is 0.250. The summed E-state index contributed by atoms with van der Waals surface area (Å²) in [6, 6.07) is 14.2. The average Bonchev–Trinajstić information content (AvgIpc) is 3.02. The molecule has 1 aliphatic rings. The largest absolute Gasteiger partial charge is 0.480 e. The van der Waals surface area contributed by atoms with E-state index in [0.717, 1.165) is 17.0 Å². The number of carbonyl (C=O) groups excluding carboxylic acids is 1. The Kier molecular flexibility index (Phi) is 4.37. The van der Waals surface area contributed by atoms with E-state index < -0.39 is 12.0 Å². The second kappa shape index (κ2) is 6.85. The summed E-state index contributed by atoms with van der Waals surface area (Å²) in [4.78, 5) is 30.3. The predicted octanol–water partition coefficient (Wildman–Crippen LogP) is 2.26. The molecule has 1 amide bonds. The molecule has 1 saturated heterocycles. The average molecular weight is 365 g/mol. The summed E-state index contributed by atoms with van der Waals surface area (Å²) >= 11 is 0. The number of hydrogen-bond acceptors (Lipinski definition) is 4. The molecule has 0 bridgehead atoms. The fourth-order valence-electron chi connectivity index (χ4n) is 3.45. The molecule has 1 aromatic heterocycles. The molecule has 0 aliphatic carbocycles. The first kappa shape index (κ1) is 17.2. The number of imidazole rings is 1. The number of morpholine rings is 1. The van der Waals surface area contributed by atoms with Crippen LogP contribution in [0.15, 0.2) is 48.5 Å². The highest BCUT2D eigenvalue weighted by Gasteiger charge is 2.33. The van der Waals surface area contributed by atoms with Gasteiger partial charge in [-0.15, -0.1) is 0 Å². The molecule has 3 aromatic rings. The van der Waals surface area contributed by atoms with Gasteiger partial charge in [-0.05, 0) is 37.3 Å². The van der Waals surface area contributed by atoms with Crippen molar-refractivity contribution in [1.82, 2.24) is 14.5 Å². The molecule has 0 radical (unpaired) electrons. The second-order valence-corrected chi connectivity index (χ2v) is 6.46. The summed E-state index contributed by atoms with van der Waals surface area (Å²) in [6.45, 7) is 2.51. The number of hydrogen-bond donors (Lipinski definition) is 1. The lowest BCUT2D eigenvalue weighted by Crippen LogP contribution is -2.52. The van der Waals surface area contributed by atoms with Gasteiger partial charge >= 0.3 is 5.97 Å². The van der Waals surface area contributed by atoms with Crippen molar-refractivity contribution in [2.45, 2.75) is 13.0 Å². The molecule has 0 spiro atoms. The van der Waals surface area contributed by atoms with E-state index in [0.29, 0.717) is 17.7 Å². The van der Waals surface area contributed by atoms with Gasteiger partial charge in [0.1, 0.15) is 5.82 Å². The van der Waals surface area contributed by atoms with Gasteiger partial charge in [0.25, 0.3) is 5.91 Å². The molecular weight excluding hydrogens is 346 g/mol. The quantitative estimate of drug-likeness (QED) is 0.770. The molecule has 1 fully saturated rings. The number of carboxylic acids is 1. The Morgan fingerprint density at radius 2 is 1.96 bits per heavy atom. The van der Waals surface area contributed by atoms with Crippen LogP contribution in [0.1, 0.15) is 16.2 Å². The van der Waals surface area contributed by atoms with Crippen molar-refractivity contribution in [3.05, 3.63) is 59.9 Å². The van der Waals surface area contributed by atoms with Crippen molar-refractivity contribution in [3.63, 3.8) is 0 Å².